The maximum atomic E-state index is 12.6. The molecule has 0 atom stereocenters. The normalized spacial score (nSPS) is 11.1. The highest BCUT2D eigenvalue weighted by Crippen LogP contribution is 2.26. The van der Waals surface area contributed by atoms with Crippen molar-refractivity contribution in [3.8, 4) is 17.5 Å². The van der Waals surface area contributed by atoms with Gasteiger partial charge < -0.3 is 0 Å². The van der Waals surface area contributed by atoms with Gasteiger partial charge in [0, 0.05) is 5.56 Å². The molecular formula is C16H11N3O2S2. The van der Waals surface area contributed by atoms with Gasteiger partial charge in [-0.05, 0) is 54.9 Å². The number of nitrogens with zero attached hydrogens (tertiary/aromatic N) is 3. The fourth-order valence-electron chi connectivity index (χ4n) is 1.95. The molecule has 0 aliphatic heterocycles. The Bertz CT molecular complexity index is 983. The molecule has 0 saturated carbocycles. The number of hydrogen-bond acceptors (Lipinski definition) is 6. The average Bonchev–Trinajstić information content (AvgIpc) is 3.06. The molecule has 0 fully saturated rings. The number of nitriles is 1. The van der Waals surface area contributed by atoms with Gasteiger partial charge in [0.1, 0.15) is 0 Å². The van der Waals surface area contributed by atoms with Gasteiger partial charge in [-0.25, -0.2) is 13.4 Å². The first-order valence-corrected chi connectivity index (χ1v) is 8.92. The van der Waals surface area contributed by atoms with Crippen molar-refractivity contribution in [1.82, 2.24) is 9.36 Å². The first-order chi connectivity index (χ1) is 11.0. The van der Waals surface area contributed by atoms with E-state index in [1.807, 2.05) is 13.0 Å². The molecule has 0 amide bonds. The van der Waals surface area contributed by atoms with Crippen LogP contribution in [0.5, 0.6) is 0 Å². The highest BCUT2D eigenvalue weighted by atomic mass is 32.2. The molecule has 0 bridgehead atoms. The third-order valence-electron chi connectivity index (χ3n) is 3.24. The summed E-state index contributed by atoms with van der Waals surface area (Å²) in [7, 11) is -3.66. The summed E-state index contributed by atoms with van der Waals surface area (Å²) in [6, 6.07) is 15.3. The van der Waals surface area contributed by atoms with Crippen molar-refractivity contribution in [2.45, 2.75) is 16.2 Å². The van der Waals surface area contributed by atoms with Gasteiger partial charge in [0.15, 0.2) is 5.82 Å². The lowest BCUT2D eigenvalue weighted by Gasteiger charge is -2.00. The largest absolute Gasteiger partial charge is 0.235 e. The van der Waals surface area contributed by atoms with Crippen LogP contribution in [0.1, 0.15) is 11.1 Å². The zero-order valence-corrected chi connectivity index (χ0v) is 13.7. The molecule has 5 nitrogen and oxygen atoms in total. The first kappa shape index (κ1) is 15.3. The highest BCUT2D eigenvalue weighted by Gasteiger charge is 2.23. The van der Waals surface area contributed by atoms with E-state index in [1.165, 1.54) is 0 Å². The fraction of sp³-hybridized carbons (Fsp3) is 0.0625. The fourth-order valence-corrected chi connectivity index (χ4v) is 4.08. The second kappa shape index (κ2) is 5.91. The number of aryl methyl sites for hydroxylation is 1. The quantitative estimate of drug-likeness (QED) is 0.730. The van der Waals surface area contributed by atoms with E-state index < -0.39 is 9.84 Å². The average molecular weight is 341 g/mol. The minimum Gasteiger partial charge on any atom is -0.216 e. The number of benzene rings is 2. The predicted octanol–water partition coefficient (Wildman–Crippen LogP) is 3.22. The summed E-state index contributed by atoms with van der Waals surface area (Å²) in [6.07, 6.45) is 0. The molecule has 114 valence electrons. The third-order valence-corrected chi connectivity index (χ3v) is 6.08. The molecule has 23 heavy (non-hydrogen) atoms. The number of hydrogen-bond donors (Lipinski definition) is 0. The Morgan fingerprint density at radius 2 is 1.70 bits per heavy atom. The predicted molar refractivity (Wildman–Crippen MR) is 86.7 cm³/mol. The Labute approximate surface area is 138 Å². The molecule has 3 aromatic rings. The Balaban J connectivity index is 1.97. The molecule has 1 heterocycles. The van der Waals surface area contributed by atoms with Crippen molar-refractivity contribution in [2.75, 3.05) is 0 Å². The molecule has 0 aliphatic carbocycles. The molecule has 0 spiro atoms. The van der Waals surface area contributed by atoms with Crippen LogP contribution in [0.3, 0.4) is 0 Å². The van der Waals surface area contributed by atoms with Crippen LogP contribution in [0.25, 0.3) is 11.4 Å². The van der Waals surface area contributed by atoms with Crippen LogP contribution in [0.4, 0.5) is 0 Å². The molecule has 0 N–H and O–H groups in total. The van der Waals surface area contributed by atoms with Crippen molar-refractivity contribution in [3.63, 3.8) is 0 Å². The summed E-state index contributed by atoms with van der Waals surface area (Å²) in [6.45, 7) is 1.89. The third kappa shape index (κ3) is 2.99. The Kier molecular flexibility index (Phi) is 3.94. The van der Waals surface area contributed by atoms with E-state index in [2.05, 4.69) is 9.36 Å². The maximum absolute atomic E-state index is 12.6. The van der Waals surface area contributed by atoms with Crippen LogP contribution >= 0.6 is 11.5 Å². The van der Waals surface area contributed by atoms with Gasteiger partial charge in [-0.15, -0.1) is 0 Å². The summed E-state index contributed by atoms with van der Waals surface area (Å²) in [5, 5.41) is 8.80. The van der Waals surface area contributed by atoms with Gasteiger partial charge in [-0.2, -0.15) is 9.64 Å². The van der Waals surface area contributed by atoms with Crippen LogP contribution in [-0.4, -0.2) is 17.8 Å². The molecular weight excluding hydrogens is 330 g/mol. The minimum absolute atomic E-state index is 0.0410. The lowest BCUT2D eigenvalue weighted by atomic mass is 10.1. The van der Waals surface area contributed by atoms with Crippen LogP contribution in [0, 0.1) is 18.3 Å². The Morgan fingerprint density at radius 3 is 2.30 bits per heavy atom. The minimum atomic E-state index is -3.66. The van der Waals surface area contributed by atoms with Crippen molar-refractivity contribution in [2.24, 2.45) is 0 Å². The van der Waals surface area contributed by atoms with E-state index in [-0.39, 0.29) is 9.24 Å². The topological polar surface area (TPSA) is 83.7 Å². The van der Waals surface area contributed by atoms with Gasteiger partial charge in [0.05, 0.1) is 16.5 Å². The van der Waals surface area contributed by atoms with E-state index in [0.717, 1.165) is 17.1 Å². The Hall–Kier alpha value is -2.56. The van der Waals surface area contributed by atoms with Crippen molar-refractivity contribution in [1.29, 1.82) is 5.26 Å². The summed E-state index contributed by atoms with van der Waals surface area (Å²) < 4.78 is 29.2. The Morgan fingerprint density at radius 1 is 1.04 bits per heavy atom. The zero-order valence-electron chi connectivity index (χ0n) is 12.1. The van der Waals surface area contributed by atoms with E-state index in [1.54, 1.807) is 48.5 Å². The first-order valence-electron chi connectivity index (χ1n) is 6.67. The summed E-state index contributed by atoms with van der Waals surface area (Å²) >= 11 is 0.846. The van der Waals surface area contributed by atoms with Crippen LogP contribution in [0.2, 0.25) is 0 Å². The zero-order chi connectivity index (χ0) is 16.4. The molecule has 7 heteroatoms. The van der Waals surface area contributed by atoms with E-state index in [4.69, 9.17) is 5.26 Å². The molecule has 0 aliphatic rings. The van der Waals surface area contributed by atoms with Crippen LogP contribution < -0.4 is 0 Å². The van der Waals surface area contributed by atoms with Crippen molar-refractivity contribution in [3.05, 3.63) is 59.7 Å². The lowest BCUT2D eigenvalue weighted by Crippen LogP contribution is -2.01. The molecule has 1 aromatic heterocycles. The number of aromatic nitrogens is 2. The van der Waals surface area contributed by atoms with Crippen LogP contribution in [-0.2, 0) is 9.84 Å². The van der Waals surface area contributed by atoms with Gasteiger partial charge in [0.25, 0.3) is 0 Å². The van der Waals surface area contributed by atoms with E-state index in [9.17, 15) is 8.42 Å². The van der Waals surface area contributed by atoms with Crippen molar-refractivity contribution >= 4 is 21.4 Å². The van der Waals surface area contributed by atoms with E-state index in [0.29, 0.717) is 17.0 Å². The smallest absolute Gasteiger partial charge is 0.216 e. The lowest BCUT2D eigenvalue weighted by molar-refractivity contribution is 0.595. The van der Waals surface area contributed by atoms with E-state index >= 15 is 0 Å². The summed E-state index contributed by atoms with van der Waals surface area (Å²) in [5.74, 6) is 0.338. The molecule has 2 aromatic carbocycles. The summed E-state index contributed by atoms with van der Waals surface area (Å²) in [4.78, 5) is 4.34. The number of rotatable bonds is 3. The second-order valence-electron chi connectivity index (χ2n) is 4.89. The van der Waals surface area contributed by atoms with Gasteiger partial charge >= 0.3 is 0 Å². The molecule has 3 rings (SSSR count). The SMILES string of the molecule is Cc1ccc(S(=O)(=O)c2nc(-c3ccc(C#N)cc3)ns2)cc1. The van der Waals surface area contributed by atoms with Crippen molar-refractivity contribution < 1.29 is 8.42 Å². The standard InChI is InChI=1S/C16H11N3O2S2/c1-11-2-8-14(9-3-11)23(20,21)16-18-15(19-22-16)13-6-4-12(10-17)5-7-13/h2-9H,1H3. The highest BCUT2D eigenvalue weighted by molar-refractivity contribution is 7.93. The number of sulfone groups is 1. The monoisotopic (exact) mass is 341 g/mol. The summed E-state index contributed by atoms with van der Waals surface area (Å²) in [5.41, 5.74) is 2.18. The molecule has 0 saturated heterocycles. The molecule has 0 radical (unpaired) electrons. The maximum Gasteiger partial charge on any atom is 0.235 e. The second-order valence-corrected chi connectivity index (χ2v) is 7.76. The van der Waals surface area contributed by atoms with Gasteiger partial charge in [-0.1, -0.05) is 17.7 Å². The molecule has 0 unspecified atom stereocenters. The van der Waals surface area contributed by atoms with Crippen LogP contribution in [0.15, 0.2) is 57.8 Å². The van der Waals surface area contributed by atoms with Gasteiger partial charge in [0.2, 0.25) is 14.2 Å². The van der Waals surface area contributed by atoms with Gasteiger partial charge in [-0.3, -0.25) is 0 Å².